The number of rotatable bonds is 3. The number of Topliss-reactive ketones (excluding diaryl/α,β-unsaturated/α-hetero) is 1. The van der Waals surface area contributed by atoms with Crippen LogP contribution in [0.25, 0.3) is 0 Å². The van der Waals surface area contributed by atoms with Crippen LogP contribution in [0.3, 0.4) is 0 Å². The van der Waals surface area contributed by atoms with E-state index in [1.54, 1.807) is 6.20 Å². The van der Waals surface area contributed by atoms with Crippen LogP contribution in [0.15, 0.2) is 9.98 Å². The molecule has 1 aromatic heterocycles. The standard InChI is InChI=1S/C7H8BrN3O2S/c1-4(12)2-9-6(13)11-7-10-3-5(8)14-7/h3H,2H2,1H3,(H2,9,10,11,13). The van der Waals surface area contributed by atoms with Crippen molar-refractivity contribution in [3.8, 4) is 0 Å². The van der Waals surface area contributed by atoms with Crippen LogP contribution in [0.4, 0.5) is 9.93 Å². The molecule has 0 aromatic carbocycles. The smallest absolute Gasteiger partial charge is 0.321 e. The molecule has 7 heteroatoms. The van der Waals surface area contributed by atoms with E-state index in [9.17, 15) is 9.59 Å². The summed E-state index contributed by atoms with van der Waals surface area (Å²) in [4.78, 5) is 25.5. The predicted octanol–water partition coefficient (Wildman–Crippen LogP) is 1.62. The highest BCUT2D eigenvalue weighted by molar-refractivity contribution is 9.11. The summed E-state index contributed by atoms with van der Waals surface area (Å²) in [7, 11) is 0. The Balaban J connectivity index is 2.37. The summed E-state index contributed by atoms with van der Waals surface area (Å²) >= 11 is 4.51. The molecule has 0 fully saturated rings. The zero-order valence-corrected chi connectivity index (χ0v) is 9.74. The lowest BCUT2D eigenvalue weighted by molar-refractivity contribution is -0.116. The number of hydrogen-bond acceptors (Lipinski definition) is 4. The Hall–Kier alpha value is -0.950. The molecule has 0 atom stereocenters. The number of ketones is 1. The van der Waals surface area contributed by atoms with Gasteiger partial charge in [0.15, 0.2) is 5.13 Å². The van der Waals surface area contributed by atoms with E-state index in [0.29, 0.717) is 5.13 Å². The number of nitrogens with one attached hydrogen (secondary N) is 2. The van der Waals surface area contributed by atoms with Crippen molar-refractivity contribution >= 4 is 44.2 Å². The molecular weight excluding hydrogens is 270 g/mol. The van der Waals surface area contributed by atoms with E-state index >= 15 is 0 Å². The number of amides is 2. The SMILES string of the molecule is CC(=O)CNC(=O)Nc1ncc(Br)s1. The first-order chi connectivity index (χ1) is 6.58. The number of carbonyl (C=O) groups is 2. The van der Waals surface area contributed by atoms with Gasteiger partial charge in [0, 0.05) is 0 Å². The third kappa shape index (κ3) is 3.84. The molecule has 0 aliphatic rings. The molecule has 0 aliphatic heterocycles. The molecule has 1 rings (SSSR count). The van der Waals surface area contributed by atoms with Crippen molar-refractivity contribution in [2.45, 2.75) is 6.92 Å². The average molecular weight is 278 g/mol. The van der Waals surface area contributed by atoms with Crippen LogP contribution in [0.5, 0.6) is 0 Å². The quantitative estimate of drug-likeness (QED) is 0.882. The molecule has 0 saturated carbocycles. The summed E-state index contributed by atoms with van der Waals surface area (Å²) in [6, 6.07) is -0.429. The minimum absolute atomic E-state index is 0.0262. The highest BCUT2D eigenvalue weighted by Gasteiger charge is 2.05. The van der Waals surface area contributed by atoms with Crippen LogP contribution in [0, 0.1) is 0 Å². The molecule has 0 radical (unpaired) electrons. The molecule has 14 heavy (non-hydrogen) atoms. The van der Waals surface area contributed by atoms with Crippen molar-refractivity contribution in [3.05, 3.63) is 9.98 Å². The van der Waals surface area contributed by atoms with Gasteiger partial charge in [-0.2, -0.15) is 0 Å². The third-order valence-electron chi connectivity index (χ3n) is 1.20. The number of urea groups is 1. The third-order valence-corrected chi connectivity index (χ3v) is 2.59. The minimum Gasteiger partial charge on any atom is -0.331 e. The highest BCUT2D eigenvalue weighted by atomic mass is 79.9. The monoisotopic (exact) mass is 277 g/mol. The maximum atomic E-state index is 11.1. The maximum absolute atomic E-state index is 11.1. The van der Waals surface area contributed by atoms with Gasteiger partial charge in [-0.25, -0.2) is 9.78 Å². The summed E-state index contributed by atoms with van der Waals surface area (Å²) < 4.78 is 0.833. The van der Waals surface area contributed by atoms with Gasteiger partial charge in [-0.15, -0.1) is 0 Å². The van der Waals surface area contributed by atoms with Crippen LogP contribution >= 0.6 is 27.3 Å². The Morgan fingerprint density at radius 3 is 2.86 bits per heavy atom. The predicted molar refractivity (Wildman–Crippen MR) is 57.5 cm³/mol. The van der Waals surface area contributed by atoms with Gasteiger partial charge in [0.1, 0.15) is 5.78 Å². The van der Waals surface area contributed by atoms with Gasteiger partial charge in [-0.3, -0.25) is 10.1 Å². The lowest BCUT2D eigenvalue weighted by Gasteiger charge is -2.01. The van der Waals surface area contributed by atoms with Crippen LogP contribution < -0.4 is 10.6 Å². The number of anilines is 1. The topological polar surface area (TPSA) is 71.1 Å². The van der Waals surface area contributed by atoms with E-state index in [1.807, 2.05) is 0 Å². The molecule has 76 valence electrons. The van der Waals surface area contributed by atoms with Gasteiger partial charge in [-0.1, -0.05) is 11.3 Å². The lowest BCUT2D eigenvalue weighted by atomic mass is 10.4. The van der Waals surface area contributed by atoms with Crippen molar-refractivity contribution in [2.24, 2.45) is 0 Å². The number of thiazole rings is 1. The molecular formula is C7H8BrN3O2S. The number of nitrogens with zero attached hydrogens (tertiary/aromatic N) is 1. The van der Waals surface area contributed by atoms with E-state index in [-0.39, 0.29) is 12.3 Å². The molecule has 1 aromatic rings. The maximum Gasteiger partial charge on any atom is 0.321 e. The summed E-state index contributed by atoms with van der Waals surface area (Å²) in [5.74, 6) is -0.0968. The molecule has 0 unspecified atom stereocenters. The second kappa shape index (κ2) is 5.06. The van der Waals surface area contributed by atoms with Crippen molar-refractivity contribution in [2.75, 3.05) is 11.9 Å². The number of aromatic nitrogens is 1. The first-order valence-corrected chi connectivity index (χ1v) is 5.34. The van der Waals surface area contributed by atoms with Gasteiger partial charge in [0.25, 0.3) is 0 Å². The number of halogens is 1. The highest BCUT2D eigenvalue weighted by Crippen LogP contribution is 2.22. The zero-order chi connectivity index (χ0) is 10.6. The Morgan fingerprint density at radius 1 is 1.64 bits per heavy atom. The molecule has 0 bridgehead atoms. The van der Waals surface area contributed by atoms with Gasteiger partial charge in [0.05, 0.1) is 16.5 Å². The van der Waals surface area contributed by atoms with E-state index in [2.05, 4.69) is 31.5 Å². The van der Waals surface area contributed by atoms with Crippen LogP contribution in [-0.4, -0.2) is 23.3 Å². The summed E-state index contributed by atoms with van der Waals surface area (Å²) in [5.41, 5.74) is 0. The second-order valence-corrected chi connectivity index (χ2v) is 4.89. The summed E-state index contributed by atoms with van der Waals surface area (Å²) in [6.45, 7) is 1.43. The summed E-state index contributed by atoms with van der Waals surface area (Å²) in [6.07, 6.45) is 1.59. The normalized spacial score (nSPS) is 9.57. The molecule has 2 amide bonds. The molecule has 0 saturated heterocycles. The zero-order valence-electron chi connectivity index (χ0n) is 7.33. The fraction of sp³-hybridized carbons (Fsp3) is 0.286. The van der Waals surface area contributed by atoms with Crippen LogP contribution in [0.2, 0.25) is 0 Å². The Bertz CT molecular complexity index is 352. The van der Waals surface area contributed by atoms with Crippen LogP contribution in [0.1, 0.15) is 6.92 Å². The fourth-order valence-corrected chi connectivity index (χ4v) is 1.76. The average Bonchev–Trinajstić information content (AvgIpc) is 2.48. The van der Waals surface area contributed by atoms with Crippen molar-refractivity contribution in [3.63, 3.8) is 0 Å². The molecule has 0 aliphatic carbocycles. The fourth-order valence-electron chi connectivity index (χ4n) is 0.658. The Kier molecular flexibility index (Phi) is 4.02. The molecule has 1 heterocycles. The Morgan fingerprint density at radius 2 is 2.36 bits per heavy atom. The first kappa shape index (κ1) is 11.1. The van der Waals surface area contributed by atoms with Gasteiger partial charge in [0.2, 0.25) is 0 Å². The summed E-state index contributed by atoms with van der Waals surface area (Å²) in [5, 5.41) is 5.37. The van der Waals surface area contributed by atoms with Crippen molar-refractivity contribution in [1.82, 2.24) is 10.3 Å². The molecule has 5 nitrogen and oxygen atoms in total. The van der Waals surface area contributed by atoms with Gasteiger partial charge >= 0.3 is 6.03 Å². The van der Waals surface area contributed by atoms with E-state index in [1.165, 1.54) is 18.3 Å². The lowest BCUT2D eigenvalue weighted by Crippen LogP contribution is -2.32. The molecule has 0 spiro atoms. The van der Waals surface area contributed by atoms with Crippen LogP contribution in [-0.2, 0) is 4.79 Å². The molecule has 2 N–H and O–H groups in total. The second-order valence-electron chi connectivity index (χ2n) is 2.48. The minimum atomic E-state index is -0.429. The Labute approximate surface area is 93.0 Å². The van der Waals surface area contributed by atoms with Gasteiger partial charge < -0.3 is 5.32 Å². The largest absolute Gasteiger partial charge is 0.331 e. The van der Waals surface area contributed by atoms with Crippen molar-refractivity contribution < 1.29 is 9.59 Å². The number of hydrogen-bond donors (Lipinski definition) is 2. The van der Waals surface area contributed by atoms with E-state index in [0.717, 1.165) is 3.79 Å². The van der Waals surface area contributed by atoms with E-state index < -0.39 is 6.03 Å². The van der Waals surface area contributed by atoms with Gasteiger partial charge in [-0.05, 0) is 22.9 Å². The number of carbonyl (C=O) groups excluding carboxylic acids is 2. The van der Waals surface area contributed by atoms with E-state index in [4.69, 9.17) is 0 Å². The first-order valence-electron chi connectivity index (χ1n) is 3.73. The van der Waals surface area contributed by atoms with Crippen molar-refractivity contribution in [1.29, 1.82) is 0 Å².